The summed E-state index contributed by atoms with van der Waals surface area (Å²) in [4.78, 5) is 28.7. The quantitative estimate of drug-likeness (QED) is 0.676. The van der Waals surface area contributed by atoms with Gasteiger partial charge in [0.1, 0.15) is 5.69 Å². The van der Waals surface area contributed by atoms with Gasteiger partial charge in [-0.1, -0.05) is 36.4 Å². The fraction of sp³-hybridized carbons (Fsp3) is 0.292. The van der Waals surface area contributed by atoms with Gasteiger partial charge < -0.3 is 14.7 Å². The van der Waals surface area contributed by atoms with Crippen molar-refractivity contribution in [3.63, 3.8) is 0 Å². The molecule has 5 rings (SSSR count). The molecule has 1 amide bonds. The van der Waals surface area contributed by atoms with Crippen LogP contribution in [0.15, 0.2) is 66.9 Å². The number of anilines is 3. The molecule has 0 radical (unpaired) electrons. The second-order valence-corrected chi connectivity index (χ2v) is 7.74. The summed E-state index contributed by atoms with van der Waals surface area (Å²) >= 11 is 0. The molecular weight excluding hydrogens is 374 g/mol. The Labute approximate surface area is 176 Å². The Morgan fingerprint density at radius 1 is 0.800 bits per heavy atom. The molecule has 0 aliphatic carbocycles. The zero-order valence-electron chi connectivity index (χ0n) is 16.9. The molecule has 2 aliphatic rings. The predicted molar refractivity (Wildman–Crippen MR) is 119 cm³/mol. The van der Waals surface area contributed by atoms with E-state index in [0.29, 0.717) is 11.6 Å². The molecule has 3 aromatic rings. The van der Waals surface area contributed by atoms with Crippen molar-refractivity contribution in [1.29, 1.82) is 0 Å². The Hall–Kier alpha value is -3.41. The van der Waals surface area contributed by atoms with Crippen LogP contribution in [0.5, 0.6) is 0 Å². The van der Waals surface area contributed by atoms with E-state index < -0.39 is 0 Å². The van der Waals surface area contributed by atoms with Gasteiger partial charge in [-0.15, -0.1) is 0 Å². The van der Waals surface area contributed by atoms with Crippen molar-refractivity contribution in [1.82, 2.24) is 9.97 Å². The maximum atomic E-state index is 13.2. The summed E-state index contributed by atoms with van der Waals surface area (Å²) in [6, 6.07) is 20.3. The van der Waals surface area contributed by atoms with Crippen LogP contribution in [0.1, 0.15) is 22.5 Å². The molecule has 1 saturated heterocycles. The number of hydrogen-bond donors (Lipinski definition) is 0. The van der Waals surface area contributed by atoms with E-state index >= 15 is 0 Å². The van der Waals surface area contributed by atoms with Crippen LogP contribution in [0, 0.1) is 0 Å². The lowest BCUT2D eigenvalue weighted by Crippen LogP contribution is -2.47. The van der Waals surface area contributed by atoms with Gasteiger partial charge in [-0.3, -0.25) is 4.79 Å². The zero-order valence-corrected chi connectivity index (χ0v) is 16.9. The highest BCUT2D eigenvalue weighted by molar-refractivity contribution is 6.05. The minimum Gasteiger partial charge on any atom is -0.368 e. The van der Waals surface area contributed by atoms with Gasteiger partial charge in [-0.25, -0.2) is 9.97 Å². The van der Waals surface area contributed by atoms with Crippen LogP contribution in [-0.4, -0.2) is 48.6 Å². The number of nitrogens with zero attached hydrogens (tertiary/aromatic N) is 5. The van der Waals surface area contributed by atoms with Crippen LogP contribution in [0.4, 0.5) is 17.3 Å². The number of benzene rings is 2. The number of aromatic nitrogens is 2. The molecule has 2 aromatic carbocycles. The predicted octanol–water partition coefficient (Wildman–Crippen LogP) is 3.40. The Kier molecular flexibility index (Phi) is 5.05. The molecule has 2 aliphatic heterocycles. The second-order valence-electron chi connectivity index (χ2n) is 7.74. The third kappa shape index (κ3) is 3.61. The van der Waals surface area contributed by atoms with Crippen molar-refractivity contribution in [2.45, 2.75) is 12.8 Å². The van der Waals surface area contributed by atoms with Gasteiger partial charge in [-0.2, -0.15) is 0 Å². The summed E-state index contributed by atoms with van der Waals surface area (Å²) < 4.78 is 0. The molecule has 0 atom stereocenters. The number of para-hydroxylation sites is 2. The average molecular weight is 399 g/mol. The van der Waals surface area contributed by atoms with Crippen molar-refractivity contribution in [2.24, 2.45) is 0 Å². The number of rotatable bonds is 3. The highest BCUT2D eigenvalue weighted by Gasteiger charge is 2.25. The maximum Gasteiger partial charge on any atom is 0.277 e. The molecule has 6 heteroatoms. The first-order valence-corrected chi connectivity index (χ1v) is 10.6. The van der Waals surface area contributed by atoms with E-state index in [2.05, 4.69) is 50.1 Å². The molecule has 6 nitrogen and oxygen atoms in total. The van der Waals surface area contributed by atoms with Crippen LogP contribution in [-0.2, 0) is 6.42 Å². The molecular formula is C24H25N5O. The molecule has 0 N–H and O–H groups in total. The van der Waals surface area contributed by atoms with Crippen LogP contribution in [0.25, 0.3) is 0 Å². The van der Waals surface area contributed by atoms with Crippen molar-refractivity contribution in [2.75, 3.05) is 47.4 Å². The zero-order chi connectivity index (χ0) is 20.3. The number of aryl methyl sites for hydroxylation is 1. The van der Waals surface area contributed by atoms with Gasteiger partial charge in [0.2, 0.25) is 5.95 Å². The molecule has 0 saturated carbocycles. The van der Waals surface area contributed by atoms with Crippen molar-refractivity contribution >= 4 is 23.2 Å². The minimum absolute atomic E-state index is 0.0475. The second kappa shape index (κ2) is 8.14. The lowest BCUT2D eigenvalue weighted by atomic mass is 10.0. The fourth-order valence-electron chi connectivity index (χ4n) is 4.31. The third-order valence-electron chi connectivity index (χ3n) is 5.90. The van der Waals surface area contributed by atoms with Crippen LogP contribution >= 0.6 is 0 Å². The first-order valence-electron chi connectivity index (χ1n) is 10.6. The van der Waals surface area contributed by atoms with E-state index in [9.17, 15) is 4.79 Å². The first kappa shape index (κ1) is 18.6. The van der Waals surface area contributed by atoms with Crippen LogP contribution in [0.3, 0.4) is 0 Å². The van der Waals surface area contributed by atoms with Gasteiger partial charge >= 0.3 is 0 Å². The molecule has 3 heterocycles. The molecule has 30 heavy (non-hydrogen) atoms. The largest absolute Gasteiger partial charge is 0.368 e. The summed E-state index contributed by atoms with van der Waals surface area (Å²) in [5, 5.41) is 0. The van der Waals surface area contributed by atoms with Gasteiger partial charge in [-0.05, 0) is 42.7 Å². The number of carbonyl (C=O) groups excluding carboxylic acids is 1. The van der Waals surface area contributed by atoms with E-state index in [-0.39, 0.29) is 5.91 Å². The van der Waals surface area contributed by atoms with E-state index in [0.717, 1.165) is 51.3 Å². The van der Waals surface area contributed by atoms with Gasteiger partial charge in [0, 0.05) is 50.3 Å². The summed E-state index contributed by atoms with van der Waals surface area (Å²) in [6.45, 7) is 4.21. The van der Waals surface area contributed by atoms with E-state index in [1.165, 1.54) is 11.3 Å². The maximum absolute atomic E-state index is 13.2. The normalized spacial score (nSPS) is 16.3. The van der Waals surface area contributed by atoms with E-state index in [1.54, 1.807) is 12.3 Å². The Morgan fingerprint density at radius 3 is 2.37 bits per heavy atom. The summed E-state index contributed by atoms with van der Waals surface area (Å²) in [6.07, 6.45) is 3.69. The standard InChI is InChI=1S/C24H25N5O/c30-23(29-14-6-8-19-7-4-5-11-22(19)29)21-12-13-25-24(26-21)28-17-15-27(16-18-28)20-9-2-1-3-10-20/h1-5,7,9-13H,6,8,14-18H2. The summed E-state index contributed by atoms with van der Waals surface area (Å²) in [5.41, 5.74) is 3.93. The van der Waals surface area contributed by atoms with Crippen LogP contribution in [0.2, 0.25) is 0 Å². The van der Waals surface area contributed by atoms with Crippen molar-refractivity contribution in [3.8, 4) is 0 Å². The number of hydrogen-bond acceptors (Lipinski definition) is 5. The third-order valence-corrected chi connectivity index (χ3v) is 5.90. The SMILES string of the molecule is O=C(c1ccnc(N2CCN(c3ccccc3)CC2)n1)N1CCCc2ccccc21. The van der Waals surface area contributed by atoms with E-state index in [1.807, 2.05) is 29.2 Å². The highest BCUT2D eigenvalue weighted by Crippen LogP contribution is 2.28. The highest BCUT2D eigenvalue weighted by atomic mass is 16.2. The van der Waals surface area contributed by atoms with Gasteiger partial charge in [0.25, 0.3) is 5.91 Å². The average Bonchev–Trinajstić information content (AvgIpc) is 2.84. The molecule has 0 bridgehead atoms. The van der Waals surface area contributed by atoms with Gasteiger partial charge in [0.15, 0.2) is 0 Å². The number of carbonyl (C=O) groups is 1. The minimum atomic E-state index is -0.0475. The number of piperazine rings is 1. The first-order chi connectivity index (χ1) is 14.8. The molecule has 0 unspecified atom stereocenters. The van der Waals surface area contributed by atoms with Gasteiger partial charge in [0.05, 0.1) is 0 Å². The van der Waals surface area contributed by atoms with Crippen LogP contribution < -0.4 is 14.7 Å². The Bertz CT molecular complexity index is 1030. The lowest BCUT2D eigenvalue weighted by Gasteiger charge is -2.36. The Morgan fingerprint density at radius 2 is 1.53 bits per heavy atom. The van der Waals surface area contributed by atoms with Crippen molar-refractivity contribution < 1.29 is 4.79 Å². The fourth-order valence-corrected chi connectivity index (χ4v) is 4.31. The Balaban J connectivity index is 1.31. The molecule has 1 fully saturated rings. The summed E-state index contributed by atoms with van der Waals surface area (Å²) in [5.74, 6) is 0.590. The smallest absolute Gasteiger partial charge is 0.277 e. The lowest BCUT2D eigenvalue weighted by molar-refractivity contribution is 0.0980. The monoisotopic (exact) mass is 399 g/mol. The molecule has 0 spiro atoms. The number of fused-ring (bicyclic) bond motifs is 1. The summed E-state index contributed by atoms with van der Waals surface area (Å²) in [7, 11) is 0. The topological polar surface area (TPSA) is 52.6 Å². The number of amides is 1. The van der Waals surface area contributed by atoms with E-state index in [4.69, 9.17) is 0 Å². The van der Waals surface area contributed by atoms with Crippen molar-refractivity contribution in [3.05, 3.63) is 78.1 Å². The molecule has 1 aromatic heterocycles. The molecule has 152 valence electrons.